The molecule has 0 aromatic heterocycles. The molecule has 0 aliphatic carbocycles. The van der Waals surface area contributed by atoms with Crippen molar-refractivity contribution in [2.24, 2.45) is 0 Å². The van der Waals surface area contributed by atoms with Crippen LogP contribution in [-0.4, -0.2) is 37.8 Å². The quantitative estimate of drug-likeness (QED) is 0.811. The third-order valence-electron chi connectivity index (χ3n) is 2.91. The molecule has 82 valence electrons. The van der Waals surface area contributed by atoms with E-state index in [0.717, 1.165) is 19.6 Å². The van der Waals surface area contributed by atoms with E-state index in [1.54, 1.807) is 0 Å². The van der Waals surface area contributed by atoms with Crippen molar-refractivity contribution in [1.29, 1.82) is 0 Å². The fraction of sp³-hybridized carbons (Fsp3) is 0.500. The largest absolute Gasteiger partial charge is 0.314 e. The van der Waals surface area contributed by atoms with E-state index < -0.39 is 0 Å². The van der Waals surface area contributed by atoms with E-state index >= 15 is 0 Å². The Bertz CT molecular complexity index is 287. The minimum atomic E-state index is -0.261. The molecule has 2 nitrogen and oxygen atoms in total. The molecule has 0 saturated carbocycles. The van der Waals surface area contributed by atoms with Crippen LogP contribution in [0.25, 0.3) is 0 Å². The van der Waals surface area contributed by atoms with Crippen LogP contribution in [0.4, 0.5) is 4.39 Å². The molecule has 1 N–H and O–H groups in total. The third-order valence-corrected chi connectivity index (χ3v) is 2.91. The standard InChI is InChI=1S/C12H17FN2/c13-6-8-15-9-7-14-10-12(15)11-4-2-1-3-5-11/h1-5,12,14H,6-10H2. The smallest absolute Gasteiger partial charge is 0.102 e. The topological polar surface area (TPSA) is 15.3 Å². The molecule has 0 spiro atoms. The zero-order valence-corrected chi connectivity index (χ0v) is 8.82. The molecule has 1 aromatic rings. The highest BCUT2D eigenvalue weighted by Crippen LogP contribution is 2.21. The highest BCUT2D eigenvalue weighted by Gasteiger charge is 2.22. The predicted molar refractivity (Wildman–Crippen MR) is 59.6 cm³/mol. The maximum atomic E-state index is 12.4. The molecule has 1 fully saturated rings. The summed E-state index contributed by atoms with van der Waals surface area (Å²) in [5, 5.41) is 3.36. The molecule has 1 aromatic carbocycles. The van der Waals surface area contributed by atoms with Gasteiger partial charge in [0.15, 0.2) is 0 Å². The van der Waals surface area contributed by atoms with Gasteiger partial charge in [0.05, 0.1) is 0 Å². The van der Waals surface area contributed by atoms with Crippen molar-refractivity contribution in [1.82, 2.24) is 10.2 Å². The van der Waals surface area contributed by atoms with Gasteiger partial charge in [0.2, 0.25) is 0 Å². The van der Waals surface area contributed by atoms with E-state index in [-0.39, 0.29) is 6.67 Å². The van der Waals surface area contributed by atoms with Crippen molar-refractivity contribution in [3.63, 3.8) is 0 Å². The van der Waals surface area contributed by atoms with Crippen molar-refractivity contribution in [3.8, 4) is 0 Å². The van der Waals surface area contributed by atoms with Crippen LogP contribution in [0.1, 0.15) is 11.6 Å². The number of hydrogen-bond acceptors (Lipinski definition) is 2. The van der Waals surface area contributed by atoms with Crippen LogP contribution in [0.5, 0.6) is 0 Å². The number of piperazine rings is 1. The average Bonchev–Trinajstić information content (AvgIpc) is 2.31. The second kappa shape index (κ2) is 5.24. The van der Waals surface area contributed by atoms with Crippen LogP contribution >= 0.6 is 0 Å². The Morgan fingerprint density at radius 3 is 2.87 bits per heavy atom. The van der Waals surface area contributed by atoms with Gasteiger partial charge in [-0.2, -0.15) is 0 Å². The molecular weight excluding hydrogens is 191 g/mol. The summed E-state index contributed by atoms with van der Waals surface area (Å²) in [4.78, 5) is 2.21. The molecule has 3 heteroatoms. The maximum Gasteiger partial charge on any atom is 0.102 e. The van der Waals surface area contributed by atoms with Gasteiger partial charge in [-0.05, 0) is 5.56 Å². The summed E-state index contributed by atoms with van der Waals surface area (Å²) in [6.45, 7) is 3.10. The Balaban J connectivity index is 2.11. The minimum absolute atomic E-state index is 0.261. The van der Waals surface area contributed by atoms with Gasteiger partial charge < -0.3 is 5.32 Å². The number of halogens is 1. The van der Waals surface area contributed by atoms with Gasteiger partial charge in [-0.25, -0.2) is 4.39 Å². The second-order valence-electron chi connectivity index (χ2n) is 3.86. The highest BCUT2D eigenvalue weighted by molar-refractivity contribution is 5.20. The van der Waals surface area contributed by atoms with Crippen LogP contribution in [-0.2, 0) is 0 Å². The zero-order chi connectivity index (χ0) is 10.5. The molecule has 1 aliphatic heterocycles. The molecule has 1 atom stereocenters. The van der Waals surface area contributed by atoms with Gasteiger partial charge >= 0.3 is 0 Å². The van der Waals surface area contributed by atoms with Crippen LogP contribution in [0, 0.1) is 0 Å². The van der Waals surface area contributed by atoms with E-state index in [2.05, 4.69) is 22.3 Å². The first-order valence-corrected chi connectivity index (χ1v) is 5.47. The van der Waals surface area contributed by atoms with Gasteiger partial charge in [0.25, 0.3) is 0 Å². The lowest BCUT2D eigenvalue weighted by molar-refractivity contribution is 0.150. The summed E-state index contributed by atoms with van der Waals surface area (Å²) in [5.74, 6) is 0. The molecule has 2 rings (SSSR count). The molecule has 15 heavy (non-hydrogen) atoms. The first-order valence-electron chi connectivity index (χ1n) is 5.47. The number of nitrogens with zero attached hydrogens (tertiary/aromatic N) is 1. The van der Waals surface area contributed by atoms with Crippen molar-refractivity contribution in [3.05, 3.63) is 35.9 Å². The minimum Gasteiger partial charge on any atom is -0.314 e. The van der Waals surface area contributed by atoms with Crippen molar-refractivity contribution in [2.75, 3.05) is 32.9 Å². The molecule has 1 heterocycles. The molecule has 0 radical (unpaired) electrons. The van der Waals surface area contributed by atoms with Gasteiger partial charge in [-0.1, -0.05) is 30.3 Å². The van der Waals surface area contributed by atoms with E-state index in [0.29, 0.717) is 12.6 Å². The molecule has 0 amide bonds. The molecule has 1 aliphatic rings. The first kappa shape index (κ1) is 10.6. The first-order chi connectivity index (χ1) is 7.42. The lowest BCUT2D eigenvalue weighted by Gasteiger charge is -2.35. The Morgan fingerprint density at radius 1 is 1.33 bits per heavy atom. The van der Waals surface area contributed by atoms with E-state index in [4.69, 9.17) is 0 Å². The van der Waals surface area contributed by atoms with E-state index in [1.165, 1.54) is 5.56 Å². The normalized spacial score (nSPS) is 22.9. The van der Waals surface area contributed by atoms with E-state index in [1.807, 2.05) is 18.2 Å². The zero-order valence-electron chi connectivity index (χ0n) is 8.82. The summed E-state index contributed by atoms with van der Waals surface area (Å²) in [7, 11) is 0. The number of nitrogens with one attached hydrogen (secondary N) is 1. The third kappa shape index (κ3) is 2.55. The lowest BCUT2D eigenvalue weighted by Crippen LogP contribution is -2.46. The maximum absolute atomic E-state index is 12.4. The molecule has 0 bridgehead atoms. The van der Waals surface area contributed by atoms with Gasteiger partial charge in [0.1, 0.15) is 6.67 Å². The second-order valence-corrected chi connectivity index (χ2v) is 3.86. The summed E-state index contributed by atoms with van der Waals surface area (Å²) in [6.07, 6.45) is 0. The fourth-order valence-electron chi connectivity index (χ4n) is 2.13. The van der Waals surface area contributed by atoms with Crippen LogP contribution in [0.2, 0.25) is 0 Å². The molecule has 1 unspecified atom stereocenters. The number of hydrogen-bond donors (Lipinski definition) is 1. The monoisotopic (exact) mass is 208 g/mol. The van der Waals surface area contributed by atoms with Crippen molar-refractivity contribution in [2.45, 2.75) is 6.04 Å². The van der Waals surface area contributed by atoms with Crippen molar-refractivity contribution >= 4 is 0 Å². The molecule has 1 saturated heterocycles. The van der Waals surface area contributed by atoms with Crippen molar-refractivity contribution < 1.29 is 4.39 Å². The average molecular weight is 208 g/mol. The van der Waals surface area contributed by atoms with Gasteiger partial charge in [0, 0.05) is 32.2 Å². The SMILES string of the molecule is FCCN1CCNCC1c1ccccc1. The Morgan fingerprint density at radius 2 is 2.13 bits per heavy atom. The Hall–Kier alpha value is -0.930. The number of rotatable bonds is 3. The summed E-state index contributed by atoms with van der Waals surface area (Å²) in [6, 6.07) is 10.6. The number of alkyl halides is 1. The van der Waals surface area contributed by atoms with Crippen LogP contribution < -0.4 is 5.32 Å². The summed E-state index contributed by atoms with van der Waals surface area (Å²) in [5.41, 5.74) is 1.28. The van der Waals surface area contributed by atoms with Crippen LogP contribution in [0.3, 0.4) is 0 Å². The number of benzene rings is 1. The lowest BCUT2D eigenvalue weighted by atomic mass is 10.0. The van der Waals surface area contributed by atoms with Gasteiger partial charge in [-0.15, -0.1) is 0 Å². The predicted octanol–water partition coefficient (Wildman–Crippen LogP) is 1.60. The highest BCUT2D eigenvalue weighted by atomic mass is 19.1. The molecular formula is C12H17FN2. The fourth-order valence-corrected chi connectivity index (χ4v) is 2.13. The van der Waals surface area contributed by atoms with Gasteiger partial charge in [-0.3, -0.25) is 4.90 Å². The van der Waals surface area contributed by atoms with E-state index in [9.17, 15) is 4.39 Å². The summed E-state index contributed by atoms with van der Waals surface area (Å²) < 4.78 is 12.4. The summed E-state index contributed by atoms with van der Waals surface area (Å²) >= 11 is 0. The Labute approximate surface area is 90.1 Å². The Kier molecular flexibility index (Phi) is 3.69. The van der Waals surface area contributed by atoms with Crippen LogP contribution in [0.15, 0.2) is 30.3 Å².